The first-order valence-corrected chi connectivity index (χ1v) is 10.5. The van der Waals surface area contributed by atoms with Gasteiger partial charge in [0.05, 0.1) is 12.2 Å². The minimum absolute atomic E-state index is 0.116. The molecule has 6 heteroatoms. The van der Waals surface area contributed by atoms with Gasteiger partial charge in [0, 0.05) is 12.2 Å². The van der Waals surface area contributed by atoms with Crippen LogP contribution in [0.3, 0.4) is 0 Å². The second-order valence-corrected chi connectivity index (χ2v) is 7.96. The molecule has 0 saturated heterocycles. The van der Waals surface area contributed by atoms with Crippen LogP contribution in [0.1, 0.15) is 37.0 Å². The molecule has 2 aromatic carbocycles. The molecule has 2 atom stereocenters. The second-order valence-electron chi connectivity index (χ2n) is 7.96. The Hall–Kier alpha value is -3.02. The molecule has 0 saturated carbocycles. The number of carbonyl (C=O) groups excluding carboxylic acids is 2. The van der Waals surface area contributed by atoms with Crippen LogP contribution in [0.15, 0.2) is 36.4 Å². The maximum atomic E-state index is 13.2. The Morgan fingerprint density at radius 3 is 2.50 bits per heavy atom. The average Bonchev–Trinajstić information content (AvgIpc) is 2.72. The topological polar surface area (TPSA) is 70.7 Å². The molecule has 0 radical (unpaired) electrons. The summed E-state index contributed by atoms with van der Waals surface area (Å²) in [6.45, 7) is 10.8. The summed E-state index contributed by atoms with van der Waals surface area (Å²) in [5.74, 6) is 0.339. The van der Waals surface area contributed by atoms with Crippen molar-refractivity contribution in [1.29, 1.82) is 0 Å². The van der Waals surface area contributed by atoms with Crippen molar-refractivity contribution in [3.63, 3.8) is 0 Å². The van der Waals surface area contributed by atoms with E-state index in [0.29, 0.717) is 18.8 Å². The number of aryl methyl sites for hydroxylation is 3. The molecule has 2 aromatic rings. The van der Waals surface area contributed by atoms with Gasteiger partial charge in [-0.2, -0.15) is 0 Å². The van der Waals surface area contributed by atoms with E-state index < -0.39 is 12.1 Å². The quantitative estimate of drug-likeness (QED) is 0.763. The zero-order chi connectivity index (χ0) is 21.8. The molecule has 0 spiro atoms. The minimum atomic E-state index is -0.662. The van der Waals surface area contributed by atoms with E-state index in [-0.39, 0.29) is 11.8 Å². The predicted molar refractivity (Wildman–Crippen MR) is 120 cm³/mol. The van der Waals surface area contributed by atoms with Gasteiger partial charge in [0.15, 0.2) is 6.10 Å². The fourth-order valence-electron chi connectivity index (χ4n) is 3.87. The summed E-state index contributed by atoms with van der Waals surface area (Å²) >= 11 is 0. The Bertz CT molecular complexity index is 918. The van der Waals surface area contributed by atoms with E-state index in [1.165, 1.54) is 5.56 Å². The number of ether oxygens (including phenoxy) is 1. The summed E-state index contributed by atoms with van der Waals surface area (Å²) in [7, 11) is 0. The molecule has 0 aliphatic carbocycles. The first kappa shape index (κ1) is 21.7. The molecule has 1 aliphatic rings. The van der Waals surface area contributed by atoms with E-state index in [1.807, 2.05) is 63.8 Å². The largest absolute Gasteiger partial charge is 0.477 e. The molecule has 0 fully saturated rings. The third-order valence-corrected chi connectivity index (χ3v) is 5.42. The third kappa shape index (κ3) is 4.58. The minimum Gasteiger partial charge on any atom is -0.477 e. The number of carbonyl (C=O) groups is 2. The monoisotopic (exact) mass is 409 g/mol. The molecular formula is C24H31N3O3. The van der Waals surface area contributed by atoms with Gasteiger partial charge in [0.2, 0.25) is 5.91 Å². The van der Waals surface area contributed by atoms with Gasteiger partial charge in [-0.05, 0) is 57.4 Å². The highest BCUT2D eigenvalue weighted by atomic mass is 16.5. The molecule has 2 N–H and O–H groups in total. The van der Waals surface area contributed by atoms with Gasteiger partial charge in [-0.15, -0.1) is 0 Å². The standard InChI is InChI=1S/C24H31N3O3/c1-6-11-25-24(29)21-14-27(19-9-7-8-10-20(19)30-21)18(5)23(28)26-22-16(3)12-15(2)13-17(22)4/h7-10,12-13,18,21H,6,11,14H2,1-5H3,(H,25,29)(H,26,28)/t18-,21-/m0/s1. The van der Waals surface area contributed by atoms with Crippen molar-refractivity contribution in [1.82, 2.24) is 5.32 Å². The highest BCUT2D eigenvalue weighted by Gasteiger charge is 2.35. The van der Waals surface area contributed by atoms with Crippen LogP contribution in [-0.4, -0.2) is 37.0 Å². The fourth-order valence-corrected chi connectivity index (χ4v) is 3.87. The first-order valence-electron chi connectivity index (χ1n) is 10.5. The molecule has 1 heterocycles. The van der Waals surface area contributed by atoms with Crippen molar-refractivity contribution in [3.05, 3.63) is 53.1 Å². The number of amides is 2. The Morgan fingerprint density at radius 1 is 1.17 bits per heavy atom. The van der Waals surface area contributed by atoms with Crippen LogP contribution in [0, 0.1) is 20.8 Å². The van der Waals surface area contributed by atoms with Gasteiger partial charge in [0.25, 0.3) is 5.91 Å². The number of hydrogen-bond acceptors (Lipinski definition) is 4. The lowest BCUT2D eigenvalue weighted by molar-refractivity contribution is -0.128. The van der Waals surface area contributed by atoms with Gasteiger partial charge in [-0.25, -0.2) is 0 Å². The van der Waals surface area contributed by atoms with E-state index >= 15 is 0 Å². The molecule has 0 bridgehead atoms. The van der Waals surface area contributed by atoms with E-state index in [9.17, 15) is 9.59 Å². The third-order valence-electron chi connectivity index (χ3n) is 5.42. The molecule has 160 valence electrons. The summed E-state index contributed by atoms with van der Waals surface area (Å²) in [5.41, 5.74) is 4.90. The van der Waals surface area contributed by atoms with Crippen LogP contribution in [0.5, 0.6) is 5.75 Å². The molecule has 2 amide bonds. The summed E-state index contributed by atoms with van der Waals surface area (Å²) < 4.78 is 5.94. The van der Waals surface area contributed by atoms with Crippen LogP contribution < -0.4 is 20.3 Å². The molecule has 30 heavy (non-hydrogen) atoms. The lowest BCUT2D eigenvalue weighted by Crippen LogP contribution is -2.54. The van der Waals surface area contributed by atoms with Gasteiger partial charge in [0.1, 0.15) is 11.8 Å². The van der Waals surface area contributed by atoms with E-state index in [2.05, 4.69) is 22.8 Å². The average molecular weight is 410 g/mol. The normalized spacial score (nSPS) is 16.3. The summed E-state index contributed by atoms with van der Waals surface area (Å²) in [4.78, 5) is 27.7. The van der Waals surface area contributed by atoms with Crippen molar-refractivity contribution in [2.24, 2.45) is 0 Å². The van der Waals surface area contributed by atoms with Crippen LogP contribution in [0.4, 0.5) is 11.4 Å². The summed E-state index contributed by atoms with van der Waals surface area (Å²) in [6, 6.07) is 11.2. The molecule has 3 rings (SSSR count). The highest BCUT2D eigenvalue weighted by Crippen LogP contribution is 2.35. The molecule has 0 unspecified atom stereocenters. The summed E-state index contributed by atoms with van der Waals surface area (Å²) in [6.07, 6.45) is 0.192. The number of rotatable bonds is 6. The van der Waals surface area contributed by atoms with Crippen LogP contribution >= 0.6 is 0 Å². The zero-order valence-electron chi connectivity index (χ0n) is 18.4. The van der Waals surface area contributed by atoms with Gasteiger partial charge in [-0.1, -0.05) is 36.8 Å². The van der Waals surface area contributed by atoms with Crippen LogP contribution in [0.2, 0.25) is 0 Å². The Labute approximate surface area is 178 Å². The van der Waals surface area contributed by atoms with Crippen LogP contribution in [-0.2, 0) is 9.59 Å². The summed E-state index contributed by atoms with van der Waals surface area (Å²) in [5, 5.41) is 5.98. The van der Waals surface area contributed by atoms with Gasteiger partial charge < -0.3 is 20.3 Å². The smallest absolute Gasteiger partial charge is 0.262 e. The molecule has 1 aliphatic heterocycles. The Kier molecular flexibility index (Phi) is 6.65. The number of anilines is 2. The van der Waals surface area contributed by atoms with Crippen molar-refractivity contribution in [2.45, 2.75) is 53.2 Å². The van der Waals surface area contributed by atoms with Gasteiger partial charge >= 0.3 is 0 Å². The fraction of sp³-hybridized carbons (Fsp3) is 0.417. The number of nitrogens with zero attached hydrogens (tertiary/aromatic N) is 1. The molecular weight excluding hydrogens is 378 g/mol. The molecule has 0 aromatic heterocycles. The number of para-hydroxylation sites is 2. The lowest BCUT2D eigenvalue weighted by atomic mass is 10.0. The number of hydrogen-bond donors (Lipinski definition) is 2. The second kappa shape index (κ2) is 9.20. The van der Waals surface area contributed by atoms with Gasteiger partial charge in [-0.3, -0.25) is 9.59 Å². The maximum Gasteiger partial charge on any atom is 0.262 e. The highest BCUT2D eigenvalue weighted by molar-refractivity contribution is 5.98. The maximum absolute atomic E-state index is 13.2. The lowest BCUT2D eigenvalue weighted by Gasteiger charge is -2.38. The molecule has 6 nitrogen and oxygen atoms in total. The number of nitrogens with one attached hydrogen (secondary N) is 2. The SMILES string of the molecule is CCCNC(=O)[C@@H]1CN([C@@H](C)C(=O)Nc2c(C)cc(C)cc2C)c2ccccc2O1. The number of benzene rings is 2. The number of fused-ring (bicyclic) bond motifs is 1. The van der Waals surface area contributed by atoms with Crippen molar-refractivity contribution < 1.29 is 14.3 Å². The Morgan fingerprint density at radius 2 is 1.83 bits per heavy atom. The zero-order valence-corrected chi connectivity index (χ0v) is 18.4. The van der Waals surface area contributed by atoms with Crippen molar-refractivity contribution >= 4 is 23.2 Å². The Balaban J connectivity index is 1.83. The van der Waals surface area contributed by atoms with E-state index in [4.69, 9.17) is 4.74 Å². The predicted octanol–water partition coefficient (Wildman–Crippen LogP) is 3.73. The van der Waals surface area contributed by atoms with Crippen molar-refractivity contribution in [3.8, 4) is 5.75 Å². The van der Waals surface area contributed by atoms with Crippen LogP contribution in [0.25, 0.3) is 0 Å². The first-order chi connectivity index (χ1) is 14.3. The van der Waals surface area contributed by atoms with E-state index in [1.54, 1.807) is 0 Å². The van der Waals surface area contributed by atoms with Crippen molar-refractivity contribution in [2.75, 3.05) is 23.3 Å². The van der Waals surface area contributed by atoms with E-state index in [0.717, 1.165) is 28.9 Å².